The van der Waals surface area contributed by atoms with Crippen molar-refractivity contribution < 1.29 is 14.6 Å². The van der Waals surface area contributed by atoms with Crippen LogP contribution in [0.25, 0.3) is 0 Å². The van der Waals surface area contributed by atoms with Gasteiger partial charge in [0.15, 0.2) is 0 Å². The van der Waals surface area contributed by atoms with Crippen molar-refractivity contribution in [2.45, 2.75) is 25.9 Å². The molecule has 1 amide bonds. The molecule has 13 heavy (non-hydrogen) atoms. The van der Waals surface area contributed by atoms with Gasteiger partial charge in [-0.1, -0.05) is 0 Å². The van der Waals surface area contributed by atoms with Crippen LogP contribution in [0.2, 0.25) is 0 Å². The van der Waals surface area contributed by atoms with Crippen LogP contribution in [-0.4, -0.2) is 48.3 Å². The molecular formula is C9H17NO3. The lowest BCUT2D eigenvalue weighted by atomic mass is 10.2. The van der Waals surface area contributed by atoms with E-state index in [0.717, 1.165) is 12.8 Å². The van der Waals surface area contributed by atoms with Crippen LogP contribution in [0.4, 0.5) is 0 Å². The molecule has 0 aromatic rings. The Labute approximate surface area is 78.5 Å². The second kappa shape index (κ2) is 5.19. The lowest BCUT2D eigenvalue weighted by Crippen LogP contribution is -2.40. The largest absolute Gasteiger partial charge is 0.395 e. The van der Waals surface area contributed by atoms with E-state index in [4.69, 9.17) is 9.84 Å². The molecule has 0 spiro atoms. The maximum Gasteiger partial charge on any atom is 0.251 e. The number of aliphatic hydroxyl groups excluding tert-OH is 1. The second-order valence-electron chi connectivity index (χ2n) is 3.14. The van der Waals surface area contributed by atoms with Gasteiger partial charge in [-0.2, -0.15) is 0 Å². The van der Waals surface area contributed by atoms with Gasteiger partial charge in [-0.3, -0.25) is 4.79 Å². The van der Waals surface area contributed by atoms with Crippen LogP contribution in [0.1, 0.15) is 19.8 Å². The topological polar surface area (TPSA) is 49.8 Å². The highest BCUT2D eigenvalue weighted by atomic mass is 16.5. The molecule has 1 rings (SSSR count). The highest BCUT2D eigenvalue weighted by molar-refractivity contribution is 5.81. The summed E-state index contributed by atoms with van der Waals surface area (Å²) in [6.07, 6.45) is 1.53. The minimum Gasteiger partial charge on any atom is -0.395 e. The lowest BCUT2D eigenvalue weighted by Gasteiger charge is -2.22. The average molecular weight is 187 g/mol. The zero-order chi connectivity index (χ0) is 9.68. The molecule has 76 valence electrons. The zero-order valence-electron chi connectivity index (χ0n) is 8.03. The van der Waals surface area contributed by atoms with E-state index in [1.165, 1.54) is 0 Å². The van der Waals surface area contributed by atoms with Gasteiger partial charge in [0.05, 0.1) is 6.61 Å². The molecule has 0 aromatic carbocycles. The van der Waals surface area contributed by atoms with Crippen molar-refractivity contribution in [3.8, 4) is 0 Å². The minimum absolute atomic E-state index is 0.0201. The van der Waals surface area contributed by atoms with Gasteiger partial charge < -0.3 is 14.7 Å². The average Bonchev–Trinajstić information content (AvgIpc) is 2.65. The Morgan fingerprint density at radius 2 is 2.46 bits per heavy atom. The summed E-state index contributed by atoms with van der Waals surface area (Å²) in [5.41, 5.74) is 0. The molecule has 0 radical (unpaired) electrons. The Morgan fingerprint density at radius 3 is 2.92 bits per heavy atom. The number of carbonyl (C=O) groups is 1. The summed E-state index contributed by atoms with van der Waals surface area (Å²) in [4.78, 5) is 13.3. The first-order chi connectivity index (χ1) is 6.29. The van der Waals surface area contributed by atoms with E-state index in [1.807, 2.05) is 6.92 Å². The molecule has 1 heterocycles. The van der Waals surface area contributed by atoms with E-state index in [9.17, 15) is 4.79 Å². The maximum atomic E-state index is 11.7. The van der Waals surface area contributed by atoms with Gasteiger partial charge in [-0.25, -0.2) is 0 Å². The highest BCUT2D eigenvalue weighted by Crippen LogP contribution is 2.14. The third-order valence-corrected chi connectivity index (χ3v) is 2.27. The first-order valence-electron chi connectivity index (χ1n) is 4.80. The van der Waals surface area contributed by atoms with Crippen molar-refractivity contribution in [3.63, 3.8) is 0 Å². The molecule has 0 bridgehead atoms. The molecule has 1 aliphatic heterocycles. The number of amides is 1. The van der Waals surface area contributed by atoms with Gasteiger partial charge >= 0.3 is 0 Å². The first kappa shape index (κ1) is 10.5. The number of hydrogen-bond acceptors (Lipinski definition) is 3. The van der Waals surface area contributed by atoms with E-state index < -0.39 is 0 Å². The first-order valence-corrected chi connectivity index (χ1v) is 4.80. The molecule has 1 fully saturated rings. The van der Waals surface area contributed by atoms with Crippen molar-refractivity contribution in [1.82, 2.24) is 4.90 Å². The third kappa shape index (κ3) is 2.67. The Hall–Kier alpha value is -0.610. The maximum absolute atomic E-state index is 11.7. The fraction of sp³-hybridized carbons (Fsp3) is 0.889. The lowest BCUT2D eigenvalue weighted by molar-refractivity contribution is -0.141. The number of likely N-dealkylation sites (N-methyl/N-ethyl adjacent to an activating group) is 1. The number of aliphatic hydroxyl groups is 1. The van der Waals surface area contributed by atoms with Crippen molar-refractivity contribution in [1.29, 1.82) is 0 Å². The molecule has 0 aliphatic carbocycles. The summed E-state index contributed by atoms with van der Waals surface area (Å²) in [6, 6.07) is 0. The Kier molecular flexibility index (Phi) is 4.18. The quantitative estimate of drug-likeness (QED) is 0.674. The van der Waals surface area contributed by atoms with Gasteiger partial charge in [0, 0.05) is 19.7 Å². The molecule has 4 heteroatoms. The van der Waals surface area contributed by atoms with Gasteiger partial charge in [0.2, 0.25) is 0 Å². The fourth-order valence-corrected chi connectivity index (χ4v) is 1.52. The number of nitrogens with zero attached hydrogens (tertiary/aromatic N) is 1. The van der Waals surface area contributed by atoms with Gasteiger partial charge in [0.25, 0.3) is 5.91 Å². The molecule has 1 saturated heterocycles. The van der Waals surface area contributed by atoms with E-state index in [0.29, 0.717) is 19.7 Å². The van der Waals surface area contributed by atoms with Crippen LogP contribution in [0.3, 0.4) is 0 Å². The molecule has 0 unspecified atom stereocenters. The summed E-state index contributed by atoms with van der Waals surface area (Å²) < 4.78 is 5.27. The number of ether oxygens (including phenoxy) is 1. The summed E-state index contributed by atoms with van der Waals surface area (Å²) >= 11 is 0. The molecule has 1 N–H and O–H groups in total. The Balaban J connectivity index is 2.42. The monoisotopic (exact) mass is 187 g/mol. The third-order valence-electron chi connectivity index (χ3n) is 2.27. The van der Waals surface area contributed by atoms with Crippen LogP contribution in [0, 0.1) is 0 Å². The van der Waals surface area contributed by atoms with Crippen molar-refractivity contribution in [2.75, 3.05) is 26.3 Å². The van der Waals surface area contributed by atoms with Gasteiger partial charge in [-0.15, -0.1) is 0 Å². The van der Waals surface area contributed by atoms with Crippen LogP contribution in [0.5, 0.6) is 0 Å². The summed E-state index contributed by atoms with van der Waals surface area (Å²) in [7, 11) is 0. The second-order valence-corrected chi connectivity index (χ2v) is 3.14. The fourth-order valence-electron chi connectivity index (χ4n) is 1.52. The van der Waals surface area contributed by atoms with E-state index in [2.05, 4.69) is 0 Å². The highest BCUT2D eigenvalue weighted by Gasteiger charge is 2.26. The van der Waals surface area contributed by atoms with E-state index in [-0.39, 0.29) is 18.6 Å². The predicted octanol–water partition coefficient (Wildman–Crippen LogP) is 0.00620. The summed E-state index contributed by atoms with van der Waals surface area (Å²) in [5.74, 6) is 0.0223. The van der Waals surface area contributed by atoms with Crippen LogP contribution >= 0.6 is 0 Å². The Morgan fingerprint density at radius 1 is 1.69 bits per heavy atom. The van der Waals surface area contributed by atoms with Crippen LogP contribution < -0.4 is 0 Å². The van der Waals surface area contributed by atoms with Gasteiger partial charge in [0.1, 0.15) is 6.10 Å². The normalized spacial score (nSPS) is 21.8. The van der Waals surface area contributed by atoms with Crippen LogP contribution in [0.15, 0.2) is 0 Å². The number of hydrogen-bond donors (Lipinski definition) is 1. The molecule has 1 aliphatic rings. The minimum atomic E-state index is -0.258. The van der Waals surface area contributed by atoms with E-state index in [1.54, 1.807) is 4.90 Å². The summed E-state index contributed by atoms with van der Waals surface area (Å²) in [6.45, 7) is 3.66. The Bertz CT molecular complexity index is 166. The molecule has 0 aromatic heterocycles. The standard InChI is InChI=1S/C9H17NO3/c1-2-10(5-6-11)9(12)8-4-3-7-13-8/h8,11H,2-7H2,1H3/t8-/m1/s1. The number of rotatable bonds is 4. The van der Waals surface area contributed by atoms with Gasteiger partial charge in [-0.05, 0) is 19.8 Å². The van der Waals surface area contributed by atoms with Crippen molar-refractivity contribution in [3.05, 3.63) is 0 Å². The van der Waals surface area contributed by atoms with Crippen molar-refractivity contribution >= 4 is 5.91 Å². The van der Waals surface area contributed by atoms with Crippen molar-refractivity contribution in [2.24, 2.45) is 0 Å². The number of carbonyl (C=O) groups excluding carboxylic acids is 1. The zero-order valence-corrected chi connectivity index (χ0v) is 8.03. The predicted molar refractivity (Wildman–Crippen MR) is 48.3 cm³/mol. The smallest absolute Gasteiger partial charge is 0.251 e. The molecule has 0 saturated carbocycles. The molecule has 1 atom stereocenters. The molecular weight excluding hydrogens is 170 g/mol. The SMILES string of the molecule is CCN(CCO)C(=O)[C@H]1CCCO1. The van der Waals surface area contributed by atoms with Crippen LogP contribution in [-0.2, 0) is 9.53 Å². The molecule has 4 nitrogen and oxygen atoms in total. The summed E-state index contributed by atoms with van der Waals surface area (Å²) in [5, 5.41) is 8.72. The van der Waals surface area contributed by atoms with E-state index >= 15 is 0 Å².